The predicted octanol–water partition coefficient (Wildman–Crippen LogP) is 0.940. The summed E-state index contributed by atoms with van der Waals surface area (Å²) in [6.07, 6.45) is 3.63. The van der Waals surface area contributed by atoms with Crippen LogP contribution in [0.4, 0.5) is 0 Å². The maximum atomic E-state index is 11.5. The van der Waals surface area contributed by atoms with Gasteiger partial charge in [-0.25, -0.2) is 0 Å². The Hall–Kier alpha value is -0.650. The Balaban J connectivity index is 1.92. The molecule has 0 aromatic heterocycles. The first-order valence-corrected chi connectivity index (χ1v) is 7.32. The van der Waals surface area contributed by atoms with E-state index in [1.54, 1.807) is 7.11 Å². The number of carbonyl (C=O) groups is 1. The van der Waals surface area contributed by atoms with E-state index in [1.165, 1.54) is 6.42 Å². The van der Waals surface area contributed by atoms with E-state index in [9.17, 15) is 9.90 Å². The van der Waals surface area contributed by atoms with Crippen LogP contribution in [0.5, 0.6) is 0 Å². The lowest BCUT2D eigenvalue weighted by atomic mass is 9.97. The number of carboxylic acids is 1. The predicted molar refractivity (Wildman–Crippen MR) is 73.2 cm³/mol. The van der Waals surface area contributed by atoms with Crippen LogP contribution in [0.2, 0.25) is 0 Å². The zero-order valence-electron chi connectivity index (χ0n) is 12.0. The number of likely N-dealkylation sites (tertiary alicyclic amines) is 1. The molecular weight excluding hydrogens is 244 g/mol. The van der Waals surface area contributed by atoms with Gasteiger partial charge in [0.25, 0.3) is 0 Å². The maximum absolute atomic E-state index is 11.5. The number of methoxy groups -OCH3 is 1. The van der Waals surface area contributed by atoms with Gasteiger partial charge >= 0.3 is 5.97 Å². The molecule has 0 spiro atoms. The molecule has 110 valence electrons. The van der Waals surface area contributed by atoms with E-state index in [0.29, 0.717) is 18.5 Å². The van der Waals surface area contributed by atoms with Gasteiger partial charge in [-0.3, -0.25) is 9.69 Å². The van der Waals surface area contributed by atoms with Gasteiger partial charge in [-0.1, -0.05) is 6.92 Å². The van der Waals surface area contributed by atoms with Crippen molar-refractivity contribution < 1.29 is 14.6 Å². The van der Waals surface area contributed by atoms with Crippen LogP contribution in [-0.4, -0.2) is 60.9 Å². The van der Waals surface area contributed by atoms with E-state index < -0.39 is 11.5 Å². The van der Waals surface area contributed by atoms with Gasteiger partial charge in [0.2, 0.25) is 0 Å². The third-order valence-electron chi connectivity index (χ3n) is 4.65. The highest BCUT2D eigenvalue weighted by Gasteiger charge is 2.47. The molecule has 2 N–H and O–H groups in total. The third-order valence-corrected chi connectivity index (χ3v) is 4.65. The van der Waals surface area contributed by atoms with Gasteiger partial charge in [0, 0.05) is 19.7 Å². The molecular formula is C14H26N2O3. The van der Waals surface area contributed by atoms with E-state index in [4.69, 9.17) is 4.74 Å². The number of rotatable bonds is 6. The average Bonchev–Trinajstić information content (AvgIpc) is 2.97. The Morgan fingerprint density at radius 3 is 2.95 bits per heavy atom. The summed E-state index contributed by atoms with van der Waals surface area (Å²) >= 11 is 0. The molecule has 0 amide bonds. The Morgan fingerprint density at radius 1 is 1.53 bits per heavy atom. The summed E-state index contributed by atoms with van der Waals surface area (Å²) in [6, 6.07) is 0.414. The lowest BCUT2D eigenvalue weighted by Crippen LogP contribution is -2.51. The molecule has 2 fully saturated rings. The van der Waals surface area contributed by atoms with Crippen molar-refractivity contribution in [3.8, 4) is 0 Å². The van der Waals surface area contributed by atoms with Crippen molar-refractivity contribution in [2.75, 3.05) is 33.4 Å². The summed E-state index contributed by atoms with van der Waals surface area (Å²) in [5.74, 6) is -0.0755. The highest BCUT2D eigenvalue weighted by atomic mass is 16.5. The van der Waals surface area contributed by atoms with Crippen LogP contribution in [-0.2, 0) is 9.53 Å². The molecule has 3 unspecified atom stereocenters. The second-order valence-electron chi connectivity index (χ2n) is 5.92. The molecule has 0 aromatic carbocycles. The van der Waals surface area contributed by atoms with Crippen LogP contribution in [0.15, 0.2) is 0 Å². The third kappa shape index (κ3) is 3.09. The minimum absolute atomic E-state index is 0.414. The Labute approximate surface area is 115 Å². The highest BCUT2D eigenvalue weighted by Crippen LogP contribution is 2.35. The number of hydrogen-bond acceptors (Lipinski definition) is 4. The summed E-state index contributed by atoms with van der Waals surface area (Å²) in [5, 5.41) is 12.7. The van der Waals surface area contributed by atoms with Crippen molar-refractivity contribution >= 4 is 5.97 Å². The molecule has 5 heteroatoms. The van der Waals surface area contributed by atoms with Gasteiger partial charge in [-0.05, 0) is 44.7 Å². The molecule has 19 heavy (non-hydrogen) atoms. The van der Waals surface area contributed by atoms with E-state index >= 15 is 0 Å². The van der Waals surface area contributed by atoms with Gasteiger partial charge < -0.3 is 15.2 Å². The molecule has 3 atom stereocenters. The standard InChI is InChI=1S/C14H26N2O3/c1-3-15-14(13(17)18)6-4-12(8-14)16-7-5-11(9-16)10-19-2/h11-12,15H,3-10H2,1-2H3,(H,17,18). The normalized spacial score (nSPS) is 35.9. The molecule has 2 rings (SSSR count). The van der Waals surface area contributed by atoms with Crippen LogP contribution < -0.4 is 5.32 Å². The maximum Gasteiger partial charge on any atom is 0.323 e. The number of hydrogen-bond donors (Lipinski definition) is 2. The fourth-order valence-corrected chi connectivity index (χ4v) is 3.67. The quantitative estimate of drug-likeness (QED) is 0.752. The summed E-state index contributed by atoms with van der Waals surface area (Å²) in [4.78, 5) is 14.0. The molecule has 0 aromatic rings. The zero-order chi connectivity index (χ0) is 13.9. The first kappa shape index (κ1) is 14.8. The first-order valence-electron chi connectivity index (χ1n) is 7.32. The fourth-order valence-electron chi connectivity index (χ4n) is 3.67. The molecule has 0 bridgehead atoms. The van der Waals surface area contributed by atoms with Crippen molar-refractivity contribution in [1.82, 2.24) is 10.2 Å². The highest BCUT2D eigenvalue weighted by molar-refractivity contribution is 5.79. The van der Waals surface area contributed by atoms with Crippen LogP contribution in [0.1, 0.15) is 32.6 Å². The van der Waals surface area contributed by atoms with Gasteiger partial charge in [0.1, 0.15) is 5.54 Å². The SMILES string of the molecule is CCNC1(C(=O)O)CCC(N2CCC(COC)C2)C1. The van der Waals surface area contributed by atoms with Gasteiger partial charge in [0.15, 0.2) is 0 Å². The first-order chi connectivity index (χ1) is 9.11. The second-order valence-corrected chi connectivity index (χ2v) is 5.92. The monoisotopic (exact) mass is 270 g/mol. The number of aliphatic carboxylic acids is 1. The zero-order valence-corrected chi connectivity index (χ0v) is 12.0. The summed E-state index contributed by atoms with van der Waals surface area (Å²) in [6.45, 7) is 5.65. The Morgan fingerprint density at radius 2 is 2.32 bits per heavy atom. The number of nitrogens with zero attached hydrogens (tertiary/aromatic N) is 1. The van der Waals surface area contributed by atoms with Gasteiger partial charge in [-0.15, -0.1) is 0 Å². The molecule has 0 radical (unpaired) electrons. The lowest BCUT2D eigenvalue weighted by molar-refractivity contribution is -0.144. The van der Waals surface area contributed by atoms with E-state index in [0.717, 1.165) is 39.0 Å². The molecule has 1 aliphatic heterocycles. The van der Waals surface area contributed by atoms with Crippen LogP contribution >= 0.6 is 0 Å². The smallest absolute Gasteiger partial charge is 0.323 e. The number of ether oxygens (including phenoxy) is 1. The van der Waals surface area contributed by atoms with E-state index in [-0.39, 0.29) is 0 Å². The minimum atomic E-state index is -0.696. The molecule has 2 aliphatic rings. The number of carboxylic acid groups (broad SMARTS) is 1. The minimum Gasteiger partial charge on any atom is -0.480 e. The molecule has 5 nitrogen and oxygen atoms in total. The fraction of sp³-hybridized carbons (Fsp3) is 0.929. The van der Waals surface area contributed by atoms with Crippen molar-refractivity contribution in [2.24, 2.45) is 5.92 Å². The summed E-state index contributed by atoms with van der Waals surface area (Å²) < 4.78 is 5.22. The van der Waals surface area contributed by atoms with Crippen molar-refractivity contribution in [3.63, 3.8) is 0 Å². The molecule has 1 aliphatic carbocycles. The Bertz CT molecular complexity index is 324. The average molecular weight is 270 g/mol. The van der Waals surface area contributed by atoms with Crippen molar-refractivity contribution in [2.45, 2.75) is 44.2 Å². The van der Waals surface area contributed by atoms with Gasteiger partial charge in [-0.2, -0.15) is 0 Å². The van der Waals surface area contributed by atoms with E-state index in [1.807, 2.05) is 6.92 Å². The molecule has 1 heterocycles. The number of likely N-dealkylation sites (N-methyl/N-ethyl adjacent to an activating group) is 1. The van der Waals surface area contributed by atoms with Crippen LogP contribution in [0, 0.1) is 5.92 Å². The van der Waals surface area contributed by atoms with Crippen molar-refractivity contribution in [1.29, 1.82) is 0 Å². The summed E-state index contributed by atoms with van der Waals surface area (Å²) in [7, 11) is 1.75. The summed E-state index contributed by atoms with van der Waals surface area (Å²) in [5.41, 5.74) is -0.696. The van der Waals surface area contributed by atoms with Gasteiger partial charge in [0.05, 0.1) is 6.61 Å². The largest absolute Gasteiger partial charge is 0.480 e. The second kappa shape index (κ2) is 6.20. The number of nitrogens with one attached hydrogen (secondary N) is 1. The van der Waals surface area contributed by atoms with Crippen molar-refractivity contribution in [3.05, 3.63) is 0 Å². The van der Waals surface area contributed by atoms with E-state index in [2.05, 4.69) is 10.2 Å². The van der Waals surface area contributed by atoms with Crippen LogP contribution in [0.3, 0.4) is 0 Å². The molecule has 1 saturated heterocycles. The van der Waals surface area contributed by atoms with Crippen LogP contribution in [0.25, 0.3) is 0 Å². The Kier molecular flexibility index (Phi) is 4.81. The lowest BCUT2D eigenvalue weighted by Gasteiger charge is -2.28. The topological polar surface area (TPSA) is 61.8 Å². The molecule has 1 saturated carbocycles.